The Kier molecular flexibility index (Phi) is 5.19. The predicted molar refractivity (Wildman–Crippen MR) is 86.5 cm³/mol. The number of rotatable bonds is 5. The highest BCUT2D eigenvalue weighted by Gasteiger charge is 2.14. The van der Waals surface area contributed by atoms with E-state index in [-0.39, 0.29) is 5.69 Å². The number of benzene rings is 2. The number of alkyl halides is 1. The van der Waals surface area contributed by atoms with Gasteiger partial charge in [0.05, 0.1) is 16.5 Å². The number of hydrogen-bond donors (Lipinski definition) is 0. The molecule has 0 amide bonds. The fraction of sp³-hybridized carbons (Fsp3) is 0.143. The highest BCUT2D eigenvalue weighted by molar-refractivity contribution is 9.10. The molecule has 0 spiro atoms. The number of halogens is 2. The summed E-state index contributed by atoms with van der Waals surface area (Å²) in [7, 11) is 1.58. The van der Waals surface area contributed by atoms with Crippen molar-refractivity contribution in [1.29, 1.82) is 0 Å². The van der Waals surface area contributed by atoms with Crippen molar-refractivity contribution in [3.63, 3.8) is 0 Å². The average Bonchev–Trinajstić information content (AvgIpc) is 2.48. The molecule has 0 radical (unpaired) electrons. The first kappa shape index (κ1) is 15.8. The van der Waals surface area contributed by atoms with E-state index in [1.807, 2.05) is 0 Å². The molecule has 2 aromatic carbocycles. The molecule has 5 nitrogen and oxygen atoms in total. The molecule has 0 N–H and O–H groups in total. The van der Waals surface area contributed by atoms with Crippen LogP contribution in [0.5, 0.6) is 17.2 Å². The van der Waals surface area contributed by atoms with Crippen molar-refractivity contribution in [2.45, 2.75) is 5.33 Å². The summed E-state index contributed by atoms with van der Waals surface area (Å²) in [5, 5.41) is 11.3. The highest BCUT2D eigenvalue weighted by Crippen LogP contribution is 2.34. The van der Waals surface area contributed by atoms with Gasteiger partial charge < -0.3 is 9.47 Å². The van der Waals surface area contributed by atoms with E-state index in [2.05, 4.69) is 31.9 Å². The summed E-state index contributed by atoms with van der Waals surface area (Å²) < 4.78 is 11.6. The van der Waals surface area contributed by atoms with E-state index in [1.165, 1.54) is 6.07 Å². The van der Waals surface area contributed by atoms with Crippen molar-refractivity contribution >= 4 is 37.5 Å². The van der Waals surface area contributed by atoms with Crippen molar-refractivity contribution in [1.82, 2.24) is 0 Å². The lowest BCUT2D eigenvalue weighted by molar-refractivity contribution is -0.385. The van der Waals surface area contributed by atoms with Crippen molar-refractivity contribution < 1.29 is 14.4 Å². The number of nitrogens with zero attached hydrogens (tertiary/aromatic N) is 1. The van der Waals surface area contributed by atoms with Crippen molar-refractivity contribution in [3.05, 3.63) is 56.5 Å². The van der Waals surface area contributed by atoms with E-state index < -0.39 is 4.92 Å². The van der Waals surface area contributed by atoms with Gasteiger partial charge in [-0.1, -0.05) is 15.9 Å². The topological polar surface area (TPSA) is 61.6 Å². The molecule has 0 fully saturated rings. The minimum absolute atomic E-state index is 0.0630. The van der Waals surface area contributed by atoms with Gasteiger partial charge >= 0.3 is 0 Å². The van der Waals surface area contributed by atoms with Crippen LogP contribution in [0.25, 0.3) is 0 Å². The maximum atomic E-state index is 10.9. The summed E-state index contributed by atoms with van der Waals surface area (Å²) in [6.07, 6.45) is 0. The number of nitro groups is 1. The fourth-order valence-electron chi connectivity index (χ4n) is 1.73. The maximum absolute atomic E-state index is 10.9. The first-order valence-corrected chi connectivity index (χ1v) is 7.81. The number of methoxy groups -OCH3 is 1. The van der Waals surface area contributed by atoms with Gasteiger partial charge in [-0.25, -0.2) is 0 Å². The number of ether oxygens (including phenoxy) is 2. The maximum Gasteiger partial charge on any atom is 0.273 e. The Balaban J connectivity index is 2.29. The van der Waals surface area contributed by atoms with E-state index in [0.717, 1.165) is 4.47 Å². The zero-order chi connectivity index (χ0) is 15.4. The van der Waals surface area contributed by atoms with Crippen LogP contribution in [-0.4, -0.2) is 12.0 Å². The molecule has 0 aliphatic carbocycles. The molecule has 2 aromatic rings. The van der Waals surface area contributed by atoms with E-state index in [0.29, 0.717) is 28.1 Å². The molecule has 0 saturated carbocycles. The third-order valence-corrected chi connectivity index (χ3v) is 3.98. The molecule has 0 aliphatic rings. The van der Waals surface area contributed by atoms with Crippen LogP contribution >= 0.6 is 31.9 Å². The van der Waals surface area contributed by atoms with E-state index in [9.17, 15) is 10.1 Å². The van der Waals surface area contributed by atoms with Crippen LogP contribution in [0.4, 0.5) is 5.69 Å². The molecule has 0 aromatic heterocycles. The summed E-state index contributed by atoms with van der Waals surface area (Å²) in [6, 6.07) is 9.97. The summed E-state index contributed by atoms with van der Waals surface area (Å²) in [4.78, 5) is 10.5. The van der Waals surface area contributed by atoms with Crippen LogP contribution in [0.1, 0.15) is 5.56 Å². The summed E-state index contributed by atoms with van der Waals surface area (Å²) in [5.41, 5.74) is 0.621. The highest BCUT2D eigenvalue weighted by atomic mass is 79.9. The Bertz CT molecular complexity index is 676. The standard InChI is InChI=1S/C14H11Br2NO4/c1-20-10-3-5-14(12(16)7-10)21-11-2-4-13(17(18)19)9(6-11)8-15/h2-7H,8H2,1H3. The average molecular weight is 417 g/mol. The monoisotopic (exact) mass is 415 g/mol. The summed E-state index contributed by atoms with van der Waals surface area (Å²) >= 11 is 6.64. The van der Waals surface area contributed by atoms with Gasteiger partial charge in [-0.2, -0.15) is 0 Å². The van der Waals surface area contributed by atoms with Gasteiger partial charge in [0.2, 0.25) is 0 Å². The molecule has 7 heteroatoms. The Morgan fingerprint density at radius 2 is 1.90 bits per heavy atom. The summed E-state index contributed by atoms with van der Waals surface area (Å²) in [5.74, 6) is 1.84. The Hall–Kier alpha value is -1.60. The van der Waals surface area contributed by atoms with Crippen molar-refractivity contribution in [3.8, 4) is 17.2 Å². The van der Waals surface area contributed by atoms with E-state index >= 15 is 0 Å². The van der Waals surface area contributed by atoms with Crippen LogP contribution in [-0.2, 0) is 5.33 Å². The molecule has 110 valence electrons. The second-order valence-corrected chi connectivity index (χ2v) is 5.49. The van der Waals surface area contributed by atoms with Crippen LogP contribution in [0.3, 0.4) is 0 Å². The molecule has 2 rings (SSSR count). The quantitative estimate of drug-likeness (QED) is 0.388. The number of nitro benzene ring substituents is 1. The largest absolute Gasteiger partial charge is 0.497 e. The van der Waals surface area contributed by atoms with Gasteiger partial charge in [-0.15, -0.1) is 0 Å². The van der Waals surface area contributed by atoms with Crippen LogP contribution in [0.2, 0.25) is 0 Å². The molecule has 0 aliphatic heterocycles. The Labute approximate surface area is 138 Å². The lowest BCUT2D eigenvalue weighted by atomic mass is 10.2. The Morgan fingerprint density at radius 1 is 1.19 bits per heavy atom. The molecule has 0 bridgehead atoms. The fourth-order valence-corrected chi connectivity index (χ4v) is 2.62. The number of hydrogen-bond acceptors (Lipinski definition) is 4. The van der Waals surface area contributed by atoms with Gasteiger partial charge in [0.1, 0.15) is 17.2 Å². The van der Waals surface area contributed by atoms with Crippen molar-refractivity contribution in [2.75, 3.05) is 7.11 Å². The molecule has 0 heterocycles. The second kappa shape index (κ2) is 6.91. The van der Waals surface area contributed by atoms with Crippen LogP contribution in [0.15, 0.2) is 40.9 Å². The zero-order valence-electron chi connectivity index (χ0n) is 11.0. The SMILES string of the molecule is COc1ccc(Oc2ccc([N+](=O)[O-])c(CBr)c2)c(Br)c1. The van der Waals surface area contributed by atoms with Gasteiger partial charge in [-0.3, -0.25) is 10.1 Å². The smallest absolute Gasteiger partial charge is 0.273 e. The van der Waals surface area contributed by atoms with E-state index in [4.69, 9.17) is 9.47 Å². The lowest BCUT2D eigenvalue weighted by Crippen LogP contribution is -1.94. The third kappa shape index (κ3) is 3.74. The van der Waals surface area contributed by atoms with E-state index in [1.54, 1.807) is 37.4 Å². The van der Waals surface area contributed by atoms with Gasteiger partial charge in [0.25, 0.3) is 5.69 Å². The minimum atomic E-state index is -0.413. The van der Waals surface area contributed by atoms with Gasteiger partial charge in [0, 0.05) is 17.0 Å². The van der Waals surface area contributed by atoms with Crippen molar-refractivity contribution in [2.24, 2.45) is 0 Å². The first-order valence-electron chi connectivity index (χ1n) is 5.90. The zero-order valence-corrected chi connectivity index (χ0v) is 14.2. The molecule has 0 unspecified atom stereocenters. The second-order valence-electron chi connectivity index (χ2n) is 4.08. The van der Waals surface area contributed by atoms with Crippen LogP contribution < -0.4 is 9.47 Å². The molecule has 0 saturated heterocycles. The predicted octanol–water partition coefficient (Wildman–Crippen LogP) is 5.05. The normalized spacial score (nSPS) is 10.2. The molecule has 21 heavy (non-hydrogen) atoms. The Morgan fingerprint density at radius 3 is 2.48 bits per heavy atom. The van der Waals surface area contributed by atoms with Crippen LogP contribution in [0, 0.1) is 10.1 Å². The summed E-state index contributed by atoms with van der Waals surface area (Å²) in [6.45, 7) is 0. The molecule has 0 atom stereocenters. The molecular weight excluding hydrogens is 406 g/mol. The van der Waals surface area contributed by atoms with Gasteiger partial charge in [-0.05, 0) is 46.3 Å². The van der Waals surface area contributed by atoms with Gasteiger partial charge in [0.15, 0.2) is 0 Å². The molecular formula is C14H11Br2NO4. The first-order chi connectivity index (χ1) is 10.0. The minimum Gasteiger partial charge on any atom is -0.497 e. The third-order valence-electron chi connectivity index (χ3n) is 2.76. The lowest BCUT2D eigenvalue weighted by Gasteiger charge is -2.10.